The molecule has 1 fully saturated rings. The summed E-state index contributed by atoms with van der Waals surface area (Å²) in [6, 6.07) is 0.730. The van der Waals surface area contributed by atoms with Crippen LogP contribution in [0.4, 0.5) is 13.2 Å². The number of aromatic nitrogens is 1. The van der Waals surface area contributed by atoms with E-state index < -0.39 is 11.7 Å². The van der Waals surface area contributed by atoms with E-state index >= 15 is 0 Å². The van der Waals surface area contributed by atoms with Gasteiger partial charge in [0.2, 0.25) is 0 Å². The zero-order valence-corrected chi connectivity index (χ0v) is 11.4. The Morgan fingerprint density at radius 1 is 1.40 bits per heavy atom. The molecule has 1 saturated heterocycles. The Kier molecular flexibility index (Phi) is 4.99. The Balaban J connectivity index is 2.33. The average molecular weight is 288 g/mol. The molecule has 0 saturated carbocycles. The number of hydrogen-bond donors (Lipinski definition) is 1. The number of pyridine rings is 1. The van der Waals surface area contributed by atoms with E-state index in [0.29, 0.717) is 19.8 Å². The van der Waals surface area contributed by atoms with Crippen molar-refractivity contribution < 1.29 is 17.9 Å². The zero-order valence-electron chi connectivity index (χ0n) is 11.4. The van der Waals surface area contributed by atoms with Gasteiger partial charge in [-0.3, -0.25) is 4.98 Å². The summed E-state index contributed by atoms with van der Waals surface area (Å²) in [5, 5.41) is 3.19. The minimum absolute atomic E-state index is 0.147. The molecular formula is C14H19F3N2O. The van der Waals surface area contributed by atoms with Crippen molar-refractivity contribution in [2.24, 2.45) is 5.92 Å². The van der Waals surface area contributed by atoms with Gasteiger partial charge in [-0.25, -0.2) is 0 Å². The third kappa shape index (κ3) is 3.49. The number of hydrogen-bond acceptors (Lipinski definition) is 3. The van der Waals surface area contributed by atoms with Crippen LogP contribution in [0.2, 0.25) is 0 Å². The van der Waals surface area contributed by atoms with Gasteiger partial charge in [0, 0.05) is 31.6 Å². The highest BCUT2D eigenvalue weighted by molar-refractivity contribution is 5.30. The van der Waals surface area contributed by atoms with Crippen LogP contribution in [-0.4, -0.2) is 24.7 Å². The van der Waals surface area contributed by atoms with Gasteiger partial charge in [-0.05, 0) is 36.9 Å². The van der Waals surface area contributed by atoms with Crippen molar-refractivity contribution >= 4 is 0 Å². The summed E-state index contributed by atoms with van der Waals surface area (Å²) >= 11 is 0. The number of rotatable bonds is 4. The van der Waals surface area contributed by atoms with Crippen LogP contribution in [0.1, 0.15) is 36.9 Å². The van der Waals surface area contributed by atoms with Crippen LogP contribution in [0.3, 0.4) is 0 Å². The topological polar surface area (TPSA) is 34.2 Å². The fourth-order valence-corrected chi connectivity index (χ4v) is 2.71. The number of halogens is 3. The smallest absolute Gasteiger partial charge is 0.381 e. The fraction of sp³-hybridized carbons (Fsp3) is 0.643. The van der Waals surface area contributed by atoms with E-state index in [-0.39, 0.29) is 17.5 Å². The van der Waals surface area contributed by atoms with Crippen LogP contribution in [0.15, 0.2) is 18.5 Å². The Morgan fingerprint density at radius 3 is 2.70 bits per heavy atom. The predicted molar refractivity (Wildman–Crippen MR) is 69.2 cm³/mol. The lowest BCUT2D eigenvalue weighted by Crippen LogP contribution is -2.33. The lowest BCUT2D eigenvalue weighted by molar-refractivity contribution is -0.138. The van der Waals surface area contributed by atoms with Crippen molar-refractivity contribution in [2.75, 3.05) is 19.8 Å². The summed E-state index contributed by atoms with van der Waals surface area (Å²) in [5.74, 6) is 0.147. The van der Waals surface area contributed by atoms with Crippen molar-refractivity contribution in [2.45, 2.75) is 32.0 Å². The molecule has 112 valence electrons. The molecule has 2 heterocycles. The Hall–Kier alpha value is -1.14. The summed E-state index contributed by atoms with van der Waals surface area (Å²) in [4.78, 5) is 3.89. The molecule has 1 N–H and O–H groups in total. The van der Waals surface area contributed by atoms with Gasteiger partial charge in [0.15, 0.2) is 0 Å². The molecule has 1 aromatic heterocycles. The second-order valence-corrected chi connectivity index (χ2v) is 4.95. The first kappa shape index (κ1) is 15.3. The molecule has 6 heteroatoms. The quantitative estimate of drug-likeness (QED) is 0.924. The van der Waals surface area contributed by atoms with Crippen LogP contribution in [0.25, 0.3) is 0 Å². The number of ether oxygens (including phenoxy) is 1. The van der Waals surface area contributed by atoms with Gasteiger partial charge in [-0.2, -0.15) is 13.2 Å². The standard InChI is InChI=1S/C14H19F3N2O/c1-2-19-13(10-4-7-20-8-5-10)11-9-18-6-3-12(11)14(15,16)17/h3,6,9-10,13,19H,2,4-5,7-8H2,1H3. The first-order valence-corrected chi connectivity index (χ1v) is 6.86. The van der Waals surface area contributed by atoms with Gasteiger partial charge in [0.1, 0.15) is 0 Å². The van der Waals surface area contributed by atoms with Crippen molar-refractivity contribution in [3.8, 4) is 0 Å². The highest BCUT2D eigenvalue weighted by Gasteiger charge is 2.37. The van der Waals surface area contributed by atoms with Gasteiger partial charge in [-0.1, -0.05) is 6.92 Å². The molecule has 1 aliphatic heterocycles. The van der Waals surface area contributed by atoms with Gasteiger partial charge in [-0.15, -0.1) is 0 Å². The van der Waals surface area contributed by atoms with Gasteiger partial charge >= 0.3 is 6.18 Å². The second kappa shape index (κ2) is 6.54. The van der Waals surface area contributed by atoms with Gasteiger partial charge in [0.05, 0.1) is 5.56 Å². The summed E-state index contributed by atoms with van der Waals surface area (Å²) < 4.78 is 44.7. The van der Waals surface area contributed by atoms with Crippen molar-refractivity contribution in [3.05, 3.63) is 29.6 Å². The number of nitrogens with one attached hydrogen (secondary N) is 1. The third-order valence-electron chi connectivity index (χ3n) is 3.65. The largest absolute Gasteiger partial charge is 0.416 e. The molecule has 0 radical (unpaired) electrons. The fourth-order valence-electron chi connectivity index (χ4n) is 2.71. The normalized spacial score (nSPS) is 19.0. The van der Waals surface area contributed by atoms with E-state index in [2.05, 4.69) is 10.3 Å². The molecule has 3 nitrogen and oxygen atoms in total. The molecule has 1 atom stereocenters. The molecule has 0 spiro atoms. The Bertz CT molecular complexity index is 431. The second-order valence-electron chi connectivity index (χ2n) is 4.95. The number of nitrogens with zero attached hydrogens (tertiary/aromatic N) is 1. The lowest BCUT2D eigenvalue weighted by Gasteiger charge is -2.32. The van der Waals surface area contributed by atoms with Crippen LogP contribution in [-0.2, 0) is 10.9 Å². The Morgan fingerprint density at radius 2 is 2.10 bits per heavy atom. The maximum atomic E-state index is 13.1. The average Bonchev–Trinajstić information content (AvgIpc) is 2.45. The molecule has 0 amide bonds. The monoisotopic (exact) mass is 288 g/mol. The highest BCUT2D eigenvalue weighted by Crippen LogP contribution is 2.38. The zero-order chi connectivity index (χ0) is 14.6. The van der Waals surface area contributed by atoms with Crippen LogP contribution in [0.5, 0.6) is 0 Å². The van der Waals surface area contributed by atoms with E-state index in [1.54, 1.807) is 0 Å². The van der Waals surface area contributed by atoms with Crippen molar-refractivity contribution in [1.29, 1.82) is 0 Å². The van der Waals surface area contributed by atoms with E-state index in [1.165, 1.54) is 12.4 Å². The van der Waals surface area contributed by atoms with Crippen molar-refractivity contribution in [3.63, 3.8) is 0 Å². The summed E-state index contributed by atoms with van der Waals surface area (Å²) in [5.41, 5.74) is -0.348. The first-order chi connectivity index (χ1) is 9.54. The summed E-state index contributed by atoms with van der Waals surface area (Å²) in [6.07, 6.45) is -0.282. The third-order valence-corrected chi connectivity index (χ3v) is 3.65. The van der Waals surface area contributed by atoms with E-state index in [9.17, 15) is 13.2 Å². The van der Waals surface area contributed by atoms with Crippen LogP contribution >= 0.6 is 0 Å². The van der Waals surface area contributed by atoms with Crippen molar-refractivity contribution in [1.82, 2.24) is 10.3 Å². The molecule has 1 aromatic rings. The molecule has 2 rings (SSSR count). The number of alkyl halides is 3. The molecular weight excluding hydrogens is 269 g/mol. The highest BCUT2D eigenvalue weighted by atomic mass is 19.4. The molecule has 20 heavy (non-hydrogen) atoms. The van der Waals surface area contributed by atoms with Gasteiger partial charge in [0.25, 0.3) is 0 Å². The summed E-state index contributed by atoms with van der Waals surface area (Å²) in [7, 11) is 0. The lowest BCUT2D eigenvalue weighted by atomic mass is 9.85. The molecule has 1 aliphatic rings. The minimum Gasteiger partial charge on any atom is -0.381 e. The molecule has 1 unspecified atom stereocenters. The maximum absolute atomic E-state index is 13.1. The molecule has 0 aromatic carbocycles. The Labute approximate surface area is 116 Å². The van der Waals surface area contributed by atoms with Gasteiger partial charge < -0.3 is 10.1 Å². The van der Waals surface area contributed by atoms with Crippen LogP contribution < -0.4 is 5.32 Å². The van der Waals surface area contributed by atoms with Crippen LogP contribution in [0, 0.1) is 5.92 Å². The maximum Gasteiger partial charge on any atom is 0.416 e. The van der Waals surface area contributed by atoms with E-state index in [1.807, 2.05) is 6.92 Å². The minimum atomic E-state index is -4.35. The van der Waals surface area contributed by atoms with E-state index in [0.717, 1.165) is 18.9 Å². The predicted octanol–water partition coefficient (Wildman–Crippen LogP) is 3.18. The SMILES string of the molecule is CCNC(c1cnccc1C(F)(F)F)C1CCOCC1. The molecule has 0 bridgehead atoms. The summed E-state index contributed by atoms with van der Waals surface area (Å²) in [6.45, 7) is 3.73. The molecule has 0 aliphatic carbocycles. The first-order valence-electron chi connectivity index (χ1n) is 6.86. The van der Waals surface area contributed by atoms with E-state index in [4.69, 9.17) is 4.74 Å².